The molecule has 1 aromatic heterocycles. The fraction of sp³-hybridized carbons (Fsp3) is 0.150. The van der Waals surface area contributed by atoms with Crippen LogP contribution in [0, 0.1) is 18.6 Å². The molecule has 0 bridgehead atoms. The quantitative estimate of drug-likeness (QED) is 0.570. The Morgan fingerprint density at radius 3 is 2.55 bits per heavy atom. The Morgan fingerprint density at radius 2 is 1.90 bits per heavy atom. The van der Waals surface area contributed by atoms with Crippen molar-refractivity contribution in [2.24, 2.45) is 0 Å². The Labute approximate surface area is 174 Å². The summed E-state index contributed by atoms with van der Waals surface area (Å²) in [6.45, 7) is 1.97. The first-order chi connectivity index (χ1) is 13.9. The number of benzene rings is 2. The third kappa shape index (κ3) is 6.10. The van der Waals surface area contributed by atoms with Gasteiger partial charge in [0.25, 0.3) is 5.91 Å². The molecule has 0 atom stereocenters. The van der Waals surface area contributed by atoms with E-state index in [0.29, 0.717) is 11.8 Å². The van der Waals surface area contributed by atoms with Gasteiger partial charge in [-0.25, -0.2) is 13.8 Å². The second-order valence-corrected chi connectivity index (χ2v) is 8.24. The number of hydrogen-bond donors (Lipinski definition) is 2. The van der Waals surface area contributed by atoms with Crippen molar-refractivity contribution in [3.05, 3.63) is 70.7 Å². The van der Waals surface area contributed by atoms with E-state index in [4.69, 9.17) is 0 Å². The average molecular weight is 434 g/mol. The molecular formula is C20H17F2N3O2S2. The van der Waals surface area contributed by atoms with Crippen molar-refractivity contribution in [1.82, 2.24) is 10.3 Å². The standard InChI is InChI=1S/C20H17F2N3O2S2/c1-12-11-28-20(24-12)29-15-5-3-14(4-6-15)25-18(26)8-9-23-19(27)16-7-2-13(21)10-17(16)22/h2-7,10-11H,8-9H2,1H3,(H,23,27)(H,25,26). The van der Waals surface area contributed by atoms with Crippen LogP contribution in [0.4, 0.5) is 14.5 Å². The lowest BCUT2D eigenvalue weighted by Crippen LogP contribution is -2.28. The highest BCUT2D eigenvalue weighted by Gasteiger charge is 2.12. The predicted molar refractivity (Wildman–Crippen MR) is 109 cm³/mol. The summed E-state index contributed by atoms with van der Waals surface area (Å²) >= 11 is 3.12. The maximum Gasteiger partial charge on any atom is 0.254 e. The van der Waals surface area contributed by atoms with Gasteiger partial charge in [-0.1, -0.05) is 11.8 Å². The van der Waals surface area contributed by atoms with E-state index in [1.54, 1.807) is 35.2 Å². The smallest absolute Gasteiger partial charge is 0.254 e. The number of rotatable bonds is 7. The molecule has 0 fully saturated rings. The fourth-order valence-electron chi connectivity index (χ4n) is 2.37. The normalized spacial score (nSPS) is 10.6. The topological polar surface area (TPSA) is 71.1 Å². The van der Waals surface area contributed by atoms with Crippen LogP contribution in [0.2, 0.25) is 0 Å². The van der Waals surface area contributed by atoms with Gasteiger partial charge in [0.1, 0.15) is 11.6 Å². The molecule has 0 spiro atoms. The molecule has 5 nitrogen and oxygen atoms in total. The Morgan fingerprint density at radius 1 is 1.14 bits per heavy atom. The van der Waals surface area contributed by atoms with Crippen LogP contribution in [0.1, 0.15) is 22.5 Å². The van der Waals surface area contributed by atoms with Gasteiger partial charge < -0.3 is 10.6 Å². The van der Waals surface area contributed by atoms with Crippen molar-refractivity contribution in [3.8, 4) is 0 Å². The van der Waals surface area contributed by atoms with E-state index >= 15 is 0 Å². The van der Waals surface area contributed by atoms with Gasteiger partial charge in [-0.05, 0) is 43.3 Å². The van der Waals surface area contributed by atoms with E-state index in [9.17, 15) is 18.4 Å². The molecular weight excluding hydrogens is 416 g/mol. The average Bonchev–Trinajstić information content (AvgIpc) is 3.08. The number of nitrogens with one attached hydrogen (secondary N) is 2. The van der Waals surface area contributed by atoms with E-state index in [0.717, 1.165) is 27.1 Å². The Kier molecular flexibility index (Phi) is 6.95. The number of amides is 2. The lowest BCUT2D eigenvalue weighted by molar-refractivity contribution is -0.116. The minimum atomic E-state index is -0.946. The molecule has 2 N–H and O–H groups in total. The highest BCUT2D eigenvalue weighted by molar-refractivity contribution is 8.01. The molecule has 9 heteroatoms. The van der Waals surface area contributed by atoms with Crippen molar-refractivity contribution in [1.29, 1.82) is 0 Å². The molecule has 0 unspecified atom stereocenters. The molecule has 3 aromatic rings. The van der Waals surface area contributed by atoms with E-state index in [-0.39, 0.29) is 24.4 Å². The molecule has 0 saturated carbocycles. The number of thiazole rings is 1. The lowest BCUT2D eigenvalue weighted by atomic mass is 10.2. The van der Waals surface area contributed by atoms with Crippen LogP contribution >= 0.6 is 23.1 Å². The SMILES string of the molecule is Cc1csc(Sc2ccc(NC(=O)CCNC(=O)c3ccc(F)cc3F)cc2)n1. The van der Waals surface area contributed by atoms with Crippen molar-refractivity contribution in [2.75, 3.05) is 11.9 Å². The van der Waals surface area contributed by atoms with Gasteiger partial charge in [0.15, 0.2) is 4.34 Å². The second-order valence-electron chi connectivity index (χ2n) is 6.06. The highest BCUT2D eigenvalue weighted by Crippen LogP contribution is 2.30. The number of hydrogen-bond acceptors (Lipinski definition) is 5. The van der Waals surface area contributed by atoms with Gasteiger partial charge in [-0.2, -0.15) is 0 Å². The molecule has 3 rings (SSSR count). The monoisotopic (exact) mass is 433 g/mol. The molecule has 2 aromatic carbocycles. The Bertz CT molecular complexity index is 1020. The van der Waals surface area contributed by atoms with Crippen molar-refractivity contribution in [3.63, 3.8) is 0 Å². The summed E-state index contributed by atoms with van der Waals surface area (Å²) in [5.41, 5.74) is 1.34. The van der Waals surface area contributed by atoms with Crippen molar-refractivity contribution < 1.29 is 18.4 Å². The maximum absolute atomic E-state index is 13.6. The molecule has 1 heterocycles. The van der Waals surface area contributed by atoms with Gasteiger partial charge in [-0.3, -0.25) is 9.59 Å². The fourth-order valence-corrected chi connectivity index (χ4v) is 4.18. The summed E-state index contributed by atoms with van der Waals surface area (Å²) in [7, 11) is 0. The minimum Gasteiger partial charge on any atom is -0.351 e. The number of aryl methyl sites for hydroxylation is 1. The zero-order chi connectivity index (χ0) is 20.8. The lowest BCUT2D eigenvalue weighted by Gasteiger charge is -2.08. The van der Waals surface area contributed by atoms with Gasteiger partial charge in [-0.15, -0.1) is 11.3 Å². The van der Waals surface area contributed by atoms with Gasteiger partial charge >= 0.3 is 0 Å². The molecule has 29 heavy (non-hydrogen) atoms. The van der Waals surface area contributed by atoms with E-state index in [2.05, 4.69) is 15.6 Å². The summed E-state index contributed by atoms with van der Waals surface area (Å²) in [5.74, 6) is -2.70. The summed E-state index contributed by atoms with van der Waals surface area (Å²) < 4.78 is 27.4. The zero-order valence-electron chi connectivity index (χ0n) is 15.4. The van der Waals surface area contributed by atoms with Crippen LogP contribution in [0.15, 0.2) is 57.1 Å². The van der Waals surface area contributed by atoms with Gasteiger partial charge in [0, 0.05) is 40.7 Å². The first-order valence-corrected chi connectivity index (χ1v) is 10.3. The largest absolute Gasteiger partial charge is 0.351 e. The predicted octanol–water partition coefficient (Wildman–Crippen LogP) is 4.64. The van der Waals surface area contributed by atoms with Crippen LogP contribution in [0.3, 0.4) is 0 Å². The van der Waals surface area contributed by atoms with E-state index in [1.165, 1.54) is 0 Å². The molecule has 0 aliphatic heterocycles. The molecule has 2 amide bonds. The highest BCUT2D eigenvalue weighted by atomic mass is 32.2. The number of halogens is 2. The minimum absolute atomic E-state index is 0.0173. The summed E-state index contributed by atoms with van der Waals surface area (Å²) in [4.78, 5) is 29.3. The molecule has 0 aliphatic carbocycles. The Hall–Kier alpha value is -2.78. The third-order valence-electron chi connectivity index (χ3n) is 3.75. The number of aromatic nitrogens is 1. The number of nitrogens with zero attached hydrogens (tertiary/aromatic N) is 1. The number of carbonyl (C=O) groups is 2. The van der Waals surface area contributed by atoms with Crippen LogP contribution < -0.4 is 10.6 Å². The summed E-state index contributed by atoms with van der Waals surface area (Å²) in [6, 6.07) is 10.0. The maximum atomic E-state index is 13.6. The van der Waals surface area contributed by atoms with Crippen LogP contribution in [-0.4, -0.2) is 23.3 Å². The van der Waals surface area contributed by atoms with E-state index in [1.807, 2.05) is 24.4 Å². The first kappa shape index (κ1) is 20.9. The van der Waals surface area contributed by atoms with Crippen LogP contribution in [0.5, 0.6) is 0 Å². The van der Waals surface area contributed by atoms with Crippen LogP contribution in [-0.2, 0) is 4.79 Å². The van der Waals surface area contributed by atoms with Gasteiger partial charge in [0.05, 0.1) is 5.56 Å². The van der Waals surface area contributed by atoms with Crippen molar-refractivity contribution >= 4 is 40.6 Å². The molecule has 0 aliphatic rings. The summed E-state index contributed by atoms with van der Waals surface area (Å²) in [5, 5.41) is 7.16. The van der Waals surface area contributed by atoms with E-state index < -0.39 is 17.5 Å². The number of anilines is 1. The first-order valence-electron chi connectivity index (χ1n) is 8.64. The van der Waals surface area contributed by atoms with Crippen molar-refractivity contribution in [2.45, 2.75) is 22.6 Å². The molecule has 0 saturated heterocycles. The Balaban J connectivity index is 1.45. The second kappa shape index (κ2) is 9.62. The third-order valence-corrected chi connectivity index (χ3v) is 5.82. The molecule has 0 radical (unpaired) electrons. The van der Waals surface area contributed by atoms with Gasteiger partial charge in [0.2, 0.25) is 5.91 Å². The number of carbonyl (C=O) groups excluding carboxylic acids is 2. The molecule has 150 valence electrons. The zero-order valence-corrected chi connectivity index (χ0v) is 17.0. The van der Waals surface area contributed by atoms with Crippen LogP contribution in [0.25, 0.3) is 0 Å². The summed E-state index contributed by atoms with van der Waals surface area (Å²) in [6.07, 6.45) is 0.0173.